The Morgan fingerprint density at radius 2 is 1.64 bits per heavy atom. The van der Waals surface area contributed by atoms with Crippen LogP contribution in [0.5, 0.6) is 11.5 Å². The fourth-order valence-corrected chi connectivity index (χ4v) is 1.36. The number of rotatable bonds is 1. The molecule has 0 aromatic heterocycles. The van der Waals surface area contributed by atoms with Crippen molar-refractivity contribution in [3.63, 3.8) is 0 Å². The molecule has 0 spiro atoms. The normalized spacial score (nSPS) is 10.0. The first-order valence-corrected chi connectivity index (χ1v) is 4.33. The van der Waals surface area contributed by atoms with Crippen molar-refractivity contribution in [2.45, 2.75) is 0 Å². The Kier molecular flexibility index (Phi) is 2.11. The van der Waals surface area contributed by atoms with Crippen LogP contribution in [0.3, 0.4) is 0 Å². The van der Waals surface area contributed by atoms with Crippen molar-refractivity contribution in [1.29, 1.82) is 0 Å². The van der Waals surface area contributed by atoms with Gasteiger partial charge in [-0.2, -0.15) is 0 Å². The summed E-state index contributed by atoms with van der Waals surface area (Å²) in [4.78, 5) is 0. The number of aromatic hydroxyl groups is 1. The van der Waals surface area contributed by atoms with E-state index in [1.807, 2.05) is 30.3 Å². The average molecular weight is 185 g/mol. The molecule has 0 bridgehead atoms. The minimum Gasteiger partial charge on any atom is -0.508 e. The van der Waals surface area contributed by atoms with Gasteiger partial charge in [0.15, 0.2) is 5.75 Å². The highest BCUT2D eigenvalue weighted by molar-refractivity contribution is 5.71. The van der Waals surface area contributed by atoms with Crippen LogP contribution in [0.2, 0.25) is 0 Å². The molecule has 2 rings (SSSR count). The molecule has 0 heterocycles. The van der Waals surface area contributed by atoms with Gasteiger partial charge < -0.3 is 5.11 Å². The first-order valence-electron chi connectivity index (χ1n) is 4.33. The van der Waals surface area contributed by atoms with Gasteiger partial charge in [-0.25, -0.2) is 0 Å². The summed E-state index contributed by atoms with van der Waals surface area (Å²) in [5.74, 6) is 0.0393. The molecule has 0 saturated carbocycles. The zero-order valence-electron chi connectivity index (χ0n) is 7.47. The maximum Gasteiger partial charge on any atom is 0.186 e. The predicted molar refractivity (Wildman–Crippen MR) is 53.7 cm³/mol. The van der Waals surface area contributed by atoms with E-state index in [4.69, 9.17) is 0 Å². The molecule has 0 amide bonds. The minimum absolute atomic E-state index is 0.0750. The van der Waals surface area contributed by atoms with Crippen LogP contribution in [0.25, 0.3) is 11.1 Å². The predicted octanol–water partition coefficient (Wildman–Crippen LogP) is 3.20. The first kappa shape index (κ1) is 8.63. The minimum atomic E-state index is -0.0750. The molecule has 0 saturated heterocycles. The molecule has 0 atom stereocenters. The third kappa shape index (κ3) is 1.55. The summed E-state index contributed by atoms with van der Waals surface area (Å²) in [7, 11) is 0. The van der Waals surface area contributed by atoms with Crippen molar-refractivity contribution in [2.75, 3.05) is 0 Å². The summed E-state index contributed by atoms with van der Waals surface area (Å²) in [5.41, 5.74) is 1.36. The maximum atomic E-state index is 11.5. The average Bonchev–Trinajstić information content (AvgIpc) is 2.23. The van der Waals surface area contributed by atoms with E-state index in [0.717, 1.165) is 5.56 Å². The Balaban J connectivity index is 2.57. The Morgan fingerprint density at radius 1 is 0.929 bits per heavy atom. The number of benzene rings is 2. The molecule has 14 heavy (non-hydrogen) atoms. The van der Waals surface area contributed by atoms with Crippen molar-refractivity contribution < 1.29 is 10.2 Å². The van der Waals surface area contributed by atoms with Crippen LogP contribution in [-0.2, 0) is 5.11 Å². The van der Waals surface area contributed by atoms with Crippen LogP contribution in [0.15, 0.2) is 48.5 Å². The number of hydrogen-bond acceptors (Lipinski definition) is 1. The van der Waals surface area contributed by atoms with Gasteiger partial charge in [0, 0.05) is 5.56 Å². The van der Waals surface area contributed by atoms with Gasteiger partial charge in [0.2, 0.25) is 0 Å². The molecule has 0 aliphatic rings. The maximum absolute atomic E-state index is 11.5. The second-order valence-electron chi connectivity index (χ2n) is 3.05. The monoisotopic (exact) mass is 185 g/mol. The SMILES string of the molecule is [O]c1ccc(O)cc1-c1ccccc1. The Hall–Kier alpha value is -1.96. The van der Waals surface area contributed by atoms with Crippen molar-refractivity contribution >= 4 is 0 Å². The van der Waals surface area contributed by atoms with E-state index in [0.29, 0.717) is 5.56 Å². The molecule has 2 aromatic rings. The summed E-state index contributed by atoms with van der Waals surface area (Å²) in [6.45, 7) is 0. The van der Waals surface area contributed by atoms with Gasteiger partial charge in [0.05, 0.1) is 0 Å². The van der Waals surface area contributed by atoms with Crippen LogP contribution in [-0.4, -0.2) is 5.11 Å². The molecule has 2 aromatic carbocycles. The van der Waals surface area contributed by atoms with E-state index in [9.17, 15) is 10.2 Å². The number of hydrogen-bond donors (Lipinski definition) is 1. The third-order valence-corrected chi connectivity index (χ3v) is 2.05. The van der Waals surface area contributed by atoms with Gasteiger partial charge in [0.25, 0.3) is 0 Å². The molecule has 1 radical (unpaired) electrons. The van der Waals surface area contributed by atoms with Crippen molar-refractivity contribution in [2.24, 2.45) is 0 Å². The molecule has 1 N–H and O–H groups in total. The van der Waals surface area contributed by atoms with E-state index < -0.39 is 0 Å². The molecule has 0 aliphatic heterocycles. The molecule has 69 valence electrons. The first-order chi connectivity index (χ1) is 6.77. The lowest BCUT2D eigenvalue weighted by Crippen LogP contribution is -1.77. The van der Waals surface area contributed by atoms with Crippen LogP contribution in [0, 0.1) is 0 Å². The van der Waals surface area contributed by atoms with Crippen molar-refractivity contribution in [3.8, 4) is 22.6 Å². The van der Waals surface area contributed by atoms with Crippen LogP contribution in [0.1, 0.15) is 0 Å². The molecule has 2 nitrogen and oxygen atoms in total. The van der Waals surface area contributed by atoms with Crippen LogP contribution in [0.4, 0.5) is 0 Å². The number of phenols is 1. The van der Waals surface area contributed by atoms with Crippen molar-refractivity contribution in [1.82, 2.24) is 0 Å². The summed E-state index contributed by atoms with van der Waals surface area (Å²) in [6, 6.07) is 13.5. The second-order valence-corrected chi connectivity index (χ2v) is 3.05. The van der Waals surface area contributed by atoms with Crippen molar-refractivity contribution in [3.05, 3.63) is 48.5 Å². The molecular weight excluding hydrogens is 176 g/mol. The molecule has 0 fully saturated rings. The van der Waals surface area contributed by atoms with Gasteiger partial charge in [-0.15, -0.1) is 0 Å². The zero-order valence-corrected chi connectivity index (χ0v) is 7.47. The van der Waals surface area contributed by atoms with Crippen LogP contribution < -0.4 is 0 Å². The standard InChI is InChI=1S/C12H9O2/c13-10-6-7-12(14)11(8-10)9-4-2-1-3-5-9/h1-8,13H. The smallest absolute Gasteiger partial charge is 0.186 e. The van der Waals surface area contributed by atoms with Gasteiger partial charge in [-0.1, -0.05) is 30.3 Å². The van der Waals surface area contributed by atoms with Gasteiger partial charge in [-0.05, 0) is 23.8 Å². The van der Waals surface area contributed by atoms with E-state index >= 15 is 0 Å². The summed E-state index contributed by atoms with van der Waals surface area (Å²) in [5, 5.41) is 20.7. The largest absolute Gasteiger partial charge is 0.508 e. The lowest BCUT2D eigenvalue weighted by Gasteiger charge is -2.02. The Morgan fingerprint density at radius 3 is 2.36 bits per heavy atom. The van der Waals surface area contributed by atoms with Gasteiger partial charge in [0.1, 0.15) is 5.75 Å². The highest BCUT2D eigenvalue weighted by Gasteiger charge is 2.05. The quantitative estimate of drug-likeness (QED) is 0.728. The summed E-state index contributed by atoms with van der Waals surface area (Å²) < 4.78 is 0. The van der Waals surface area contributed by atoms with Crippen LogP contribution >= 0.6 is 0 Å². The molecule has 0 aliphatic carbocycles. The van der Waals surface area contributed by atoms with Gasteiger partial charge >= 0.3 is 0 Å². The zero-order chi connectivity index (χ0) is 9.97. The molecular formula is C12H9O2. The fraction of sp³-hybridized carbons (Fsp3) is 0. The fourth-order valence-electron chi connectivity index (χ4n) is 1.36. The van der Waals surface area contributed by atoms with E-state index in [-0.39, 0.29) is 11.5 Å². The lowest BCUT2D eigenvalue weighted by atomic mass is 10.0. The second kappa shape index (κ2) is 3.42. The Labute approximate surface area is 82.1 Å². The van der Waals surface area contributed by atoms with Gasteiger partial charge in [-0.3, -0.25) is 5.11 Å². The van der Waals surface area contributed by atoms with E-state index in [2.05, 4.69) is 0 Å². The number of phenolic OH excluding ortho intramolecular Hbond substituents is 1. The summed E-state index contributed by atoms with van der Waals surface area (Å²) >= 11 is 0. The Bertz CT molecular complexity index is 435. The highest BCUT2D eigenvalue weighted by Crippen LogP contribution is 2.32. The van der Waals surface area contributed by atoms with E-state index in [1.165, 1.54) is 18.2 Å². The van der Waals surface area contributed by atoms with E-state index in [1.54, 1.807) is 0 Å². The lowest BCUT2D eigenvalue weighted by molar-refractivity contribution is 0.355. The molecule has 2 heteroatoms. The highest BCUT2D eigenvalue weighted by atomic mass is 16.3. The summed E-state index contributed by atoms with van der Waals surface area (Å²) in [6.07, 6.45) is 0. The third-order valence-electron chi connectivity index (χ3n) is 2.05. The molecule has 0 unspecified atom stereocenters. The topological polar surface area (TPSA) is 40.1 Å².